The lowest BCUT2D eigenvalue weighted by Crippen LogP contribution is -1.89. The molecule has 0 aromatic rings. The average Bonchev–Trinajstić information content (AvgIpc) is 1.35. The summed E-state index contributed by atoms with van der Waals surface area (Å²) in [7, 11) is 0. The van der Waals surface area contributed by atoms with Gasteiger partial charge in [0.15, 0.2) is 0 Å². The van der Waals surface area contributed by atoms with Gasteiger partial charge in [-0.25, -0.2) is 0 Å². The molecule has 1 nitrogen and oxygen atoms in total. The minimum absolute atomic E-state index is 0. The highest BCUT2D eigenvalue weighted by molar-refractivity contribution is 4.81. The first kappa shape index (κ1) is 9.85. The van der Waals surface area contributed by atoms with Gasteiger partial charge in [-0.05, 0) is 13.8 Å². The molecule has 0 saturated heterocycles. The Kier molecular flexibility index (Phi) is 8.02. The third-order valence-corrected chi connectivity index (χ3v) is 0.471. The van der Waals surface area contributed by atoms with Gasteiger partial charge in [-0.1, -0.05) is 19.6 Å². The molecule has 0 heterocycles. The lowest BCUT2D eigenvalue weighted by atomic mass is 10.4. The van der Waals surface area contributed by atoms with E-state index in [9.17, 15) is 0 Å². The van der Waals surface area contributed by atoms with Gasteiger partial charge < -0.3 is 5.11 Å². The van der Waals surface area contributed by atoms with Crippen LogP contribution in [0.3, 0.4) is 0 Å². The molecule has 0 aromatic carbocycles. The van der Waals surface area contributed by atoms with Crippen LogP contribution < -0.4 is 0 Å². The van der Waals surface area contributed by atoms with E-state index < -0.39 is 0 Å². The molecule has 0 aromatic heterocycles. The van der Waals surface area contributed by atoms with Gasteiger partial charge in [0.2, 0.25) is 0 Å². The van der Waals surface area contributed by atoms with Crippen LogP contribution in [0.5, 0.6) is 0 Å². The Morgan fingerprint density at radius 2 is 2.00 bits per heavy atom. The summed E-state index contributed by atoms with van der Waals surface area (Å²) in [6.45, 7) is 3.60. The monoisotopic (exact) mass is 102 g/mol. The van der Waals surface area contributed by atoms with E-state index in [0.29, 0.717) is 0 Å². The first-order chi connectivity index (χ1) is 2.77. The maximum Gasteiger partial charge on any atom is 0.0692 e. The lowest BCUT2D eigenvalue weighted by molar-refractivity contribution is 0.244. The van der Waals surface area contributed by atoms with Crippen molar-refractivity contribution >= 4 is 0 Å². The molecule has 1 N–H and O–H groups in total. The number of hydrogen-bond donors (Lipinski definition) is 1. The van der Waals surface area contributed by atoms with Crippen molar-refractivity contribution in [1.29, 1.82) is 0 Å². The molecule has 7 heavy (non-hydrogen) atoms. The van der Waals surface area contributed by atoms with Gasteiger partial charge in [-0.3, -0.25) is 0 Å². The Morgan fingerprint density at radius 3 is 2.00 bits per heavy atom. The Morgan fingerprint density at radius 1 is 1.57 bits per heavy atom. The zero-order chi connectivity index (χ0) is 4.99. The van der Waals surface area contributed by atoms with Crippen molar-refractivity contribution in [1.82, 2.24) is 0 Å². The summed E-state index contributed by atoms with van der Waals surface area (Å²) in [4.78, 5) is 0. The van der Waals surface area contributed by atoms with Crippen LogP contribution in [0.1, 0.15) is 21.3 Å². The fourth-order valence-corrected chi connectivity index (χ4v) is 0.279. The van der Waals surface area contributed by atoms with Crippen LogP contribution >= 0.6 is 0 Å². The largest absolute Gasteiger partial charge is 0.389 e. The molecular formula is C6H14O. The molecule has 0 aliphatic rings. The minimum Gasteiger partial charge on any atom is -0.389 e. The van der Waals surface area contributed by atoms with Gasteiger partial charge in [-0.15, -0.1) is 0 Å². The predicted octanol–water partition coefficient (Wildman–Crippen LogP) is 1.58. The van der Waals surface area contributed by atoms with E-state index in [1.807, 2.05) is 13.0 Å². The van der Waals surface area contributed by atoms with E-state index in [1.54, 1.807) is 13.0 Å². The second kappa shape index (κ2) is 5.70. The summed E-state index contributed by atoms with van der Waals surface area (Å²) in [5.41, 5.74) is 0. The van der Waals surface area contributed by atoms with Gasteiger partial charge in [0, 0.05) is 0 Å². The lowest BCUT2D eigenvalue weighted by Gasteiger charge is -1.87. The van der Waals surface area contributed by atoms with E-state index in [4.69, 9.17) is 5.11 Å². The van der Waals surface area contributed by atoms with E-state index >= 15 is 0 Å². The number of aliphatic hydroxyl groups is 1. The summed E-state index contributed by atoms with van der Waals surface area (Å²) in [6, 6.07) is 0. The Labute approximate surface area is 45.7 Å². The van der Waals surface area contributed by atoms with Crippen LogP contribution in [0, 0.1) is 0 Å². The molecule has 1 atom stereocenters. The quantitative estimate of drug-likeness (QED) is 0.498. The fraction of sp³-hybridized carbons (Fsp3) is 0.667. The molecule has 0 bridgehead atoms. The first-order valence-electron chi connectivity index (χ1n) is 2.08. The zero-order valence-electron chi connectivity index (χ0n) is 4.18. The summed E-state index contributed by atoms with van der Waals surface area (Å²) in [5, 5.41) is 8.47. The average molecular weight is 102 g/mol. The van der Waals surface area contributed by atoms with Crippen molar-refractivity contribution in [3.8, 4) is 0 Å². The van der Waals surface area contributed by atoms with Crippen molar-refractivity contribution in [2.75, 3.05) is 0 Å². The molecule has 0 amide bonds. The summed E-state index contributed by atoms with van der Waals surface area (Å²) >= 11 is 0. The van der Waals surface area contributed by atoms with Crippen LogP contribution in [0.2, 0.25) is 0 Å². The first-order valence-corrected chi connectivity index (χ1v) is 2.08. The van der Waals surface area contributed by atoms with Crippen LogP contribution in [-0.4, -0.2) is 11.2 Å². The molecular weight excluding hydrogens is 88.1 g/mol. The topological polar surface area (TPSA) is 20.2 Å². The standard InChI is InChI=1S/C5H10O.CH4/c1-3-4-5(2)6;/h3-6H,1-2H3;1H4. The van der Waals surface area contributed by atoms with Crippen molar-refractivity contribution < 1.29 is 5.11 Å². The maximum atomic E-state index is 8.47. The normalized spacial score (nSPS) is 13.6. The SMILES string of the molecule is C.CC=CC(C)O. The van der Waals surface area contributed by atoms with Crippen molar-refractivity contribution in [2.45, 2.75) is 27.4 Å². The predicted molar refractivity (Wildman–Crippen MR) is 33.2 cm³/mol. The van der Waals surface area contributed by atoms with Gasteiger partial charge in [0.05, 0.1) is 6.10 Å². The molecule has 0 saturated carbocycles. The number of aliphatic hydroxyl groups excluding tert-OH is 1. The number of allylic oxidation sites excluding steroid dienone is 1. The third-order valence-electron chi connectivity index (χ3n) is 0.471. The second-order valence-electron chi connectivity index (χ2n) is 1.27. The van der Waals surface area contributed by atoms with E-state index in [-0.39, 0.29) is 13.5 Å². The second-order valence-corrected chi connectivity index (χ2v) is 1.27. The Balaban J connectivity index is 0. The van der Waals surface area contributed by atoms with Gasteiger partial charge in [0.25, 0.3) is 0 Å². The van der Waals surface area contributed by atoms with Gasteiger partial charge in [0.1, 0.15) is 0 Å². The Hall–Kier alpha value is -0.300. The molecule has 1 heteroatoms. The van der Waals surface area contributed by atoms with Crippen LogP contribution in [0.25, 0.3) is 0 Å². The highest BCUT2D eigenvalue weighted by Crippen LogP contribution is 1.78. The van der Waals surface area contributed by atoms with Crippen molar-refractivity contribution in [3.63, 3.8) is 0 Å². The molecule has 0 spiro atoms. The number of hydrogen-bond acceptors (Lipinski definition) is 1. The molecule has 0 radical (unpaired) electrons. The molecule has 0 rings (SSSR count). The van der Waals surface area contributed by atoms with Crippen molar-refractivity contribution in [3.05, 3.63) is 12.2 Å². The minimum atomic E-state index is -0.282. The summed E-state index contributed by atoms with van der Waals surface area (Å²) in [6.07, 6.45) is 3.26. The molecule has 44 valence electrons. The van der Waals surface area contributed by atoms with E-state index in [2.05, 4.69) is 0 Å². The van der Waals surface area contributed by atoms with Gasteiger partial charge in [-0.2, -0.15) is 0 Å². The van der Waals surface area contributed by atoms with Crippen LogP contribution in [0.15, 0.2) is 12.2 Å². The molecule has 0 fully saturated rings. The van der Waals surface area contributed by atoms with E-state index in [1.165, 1.54) is 0 Å². The molecule has 1 unspecified atom stereocenters. The van der Waals surface area contributed by atoms with Gasteiger partial charge >= 0.3 is 0 Å². The maximum absolute atomic E-state index is 8.47. The highest BCUT2D eigenvalue weighted by Gasteiger charge is 1.78. The summed E-state index contributed by atoms with van der Waals surface area (Å²) < 4.78 is 0. The smallest absolute Gasteiger partial charge is 0.0692 e. The molecule has 0 aliphatic heterocycles. The zero-order valence-corrected chi connectivity index (χ0v) is 4.18. The van der Waals surface area contributed by atoms with Crippen LogP contribution in [0.4, 0.5) is 0 Å². The summed E-state index contributed by atoms with van der Waals surface area (Å²) in [5.74, 6) is 0. The third kappa shape index (κ3) is 10.7. The van der Waals surface area contributed by atoms with Crippen LogP contribution in [-0.2, 0) is 0 Å². The van der Waals surface area contributed by atoms with E-state index in [0.717, 1.165) is 0 Å². The number of rotatable bonds is 1. The van der Waals surface area contributed by atoms with Crippen molar-refractivity contribution in [2.24, 2.45) is 0 Å². The Bertz CT molecular complexity index is 46.1. The fourth-order valence-electron chi connectivity index (χ4n) is 0.279. The molecule has 0 aliphatic carbocycles. The highest BCUT2D eigenvalue weighted by atomic mass is 16.3.